The number of hydrogen-bond acceptors (Lipinski definition) is 3. The van der Waals surface area contributed by atoms with Gasteiger partial charge in [0, 0.05) is 25.4 Å². The maximum absolute atomic E-state index is 11.6. The lowest BCUT2D eigenvalue weighted by atomic mass is 10.1. The molecular weight excluding hydrogens is 300 g/mol. The summed E-state index contributed by atoms with van der Waals surface area (Å²) < 4.78 is 7.40. The molecule has 2 rings (SSSR count). The summed E-state index contributed by atoms with van der Waals surface area (Å²) in [4.78, 5) is 15.8. The first kappa shape index (κ1) is 18.2. The molecule has 1 aromatic heterocycles. The zero-order valence-corrected chi connectivity index (χ0v) is 13.7. The normalized spacial score (nSPS) is 10.0. The second-order valence-electron chi connectivity index (χ2n) is 5.12. The fourth-order valence-electron chi connectivity index (χ4n) is 2.22. The summed E-state index contributed by atoms with van der Waals surface area (Å²) in [6.07, 6.45) is 8.49. The van der Waals surface area contributed by atoms with E-state index in [0.717, 1.165) is 38.1 Å². The lowest BCUT2D eigenvalue weighted by molar-refractivity contribution is -0.134. The van der Waals surface area contributed by atoms with Crippen LogP contribution in [-0.2, 0) is 11.3 Å². The number of carbonyl (C=O) groups excluding carboxylic acids is 1. The maximum Gasteiger partial charge on any atom is 0.311 e. The highest BCUT2D eigenvalue weighted by atomic mass is 35.5. The van der Waals surface area contributed by atoms with Gasteiger partial charge in [0.25, 0.3) is 0 Å². The van der Waals surface area contributed by atoms with Crippen LogP contribution in [0.1, 0.15) is 37.9 Å². The Morgan fingerprint density at radius 3 is 2.55 bits per heavy atom. The number of hydrogen-bond donors (Lipinski definition) is 0. The van der Waals surface area contributed by atoms with E-state index in [2.05, 4.69) is 9.55 Å². The van der Waals surface area contributed by atoms with E-state index in [4.69, 9.17) is 4.74 Å². The number of rotatable bonds is 8. The standard InChI is InChI=1S/C17H22N2O2.ClH/c1-15-18-12-14-19(15)13-8-3-2-7-11-17(20)21-16-9-5-4-6-10-16;/h4-6,9-10,12,14H,2-3,7-8,11,13H2,1H3;1H. The lowest BCUT2D eigenvalue weighted by Gasteiger charge is -2.05. The minimum atomic E-state index is -0.147. The van der Waals surface area contributed by atoms with E-state index in [1.807, 2.05) is 37.5 Å². The van der Waals surface area contributed by atoms with E-state index in [-0.39, 0.29) is 18.4 Å². The summed E-state index contributed by atoms with van der Waals surface area (Å²) in [5.41, 5.74) is 0. The van der Waals surface area contributed by atoms with E-state index in [0.29, 0.717) is 12.2 Å². The van der Waals surface area contributed by atoms with Gasteiger partial charge in [0.05, 0.1) is 0 Å². The molecule has 0 aliphatic heterocycles. The first-order chi connectivity index (χ1) is 10.3. The van der Waals surface area contributed by atoms with Crippen LogP contribution < -0.4 is 4.74 Å². The molecule has 0 aliphatic rings. The number of aryl methyl sites for hydroxylation is 2. The zero-order chi connectivity index (χ0) is 14.9. The van der Waals surface area contributed by atoms with Crippen LogP contribution in [0.3, 0.4) is 0 Å². The van der Waals surface area contributed by atoms with Crippen molar-refractivity contribution >= 4 is 18.4 Å². The number of imidazole rings is 1. The molecule has 5 heteroatoms. The quantitative estimate of drug-likeness (QED) is 0.416. The SMILES string of the molecule is Cc1nccn1CCCCCCC(=O)Oc1ccccc1.Cl. The predicted molar refractivity (Wildman–Crippen MR) is 89.4 cm³/mol. The molecule has 0 bridgehead atoms. The van der Waals surface area contributed by atoms with Crippen molar-refractivity contribution in [2.75, 3.05) is 0 Å². The van der Waals surface area contributed by atoms with Crippen LogP contribution in [-0.4, -0.2) is 15.5 Å². The Bertz CT molecular complexity index is 555. The summed E-state index contributed by atoms with van der Waals surface area (Å²) >= 11 is 0. The van der Waals surface area contributed by atoms with E-state index >= 15 is 0 Å². The third-order valence-corrected chi connectivity index (χ3v) is 3.43. The molecule has 0 radical (unpaired) electrons. The second-order valence-corrected chi connectivity index (χ2v) is 5.12. The van der Waals surface area contributed by atoms with Gasteiger partial charge in [0.1, 0.15) is 11.6 Å². The third-order valence-electron chi connectivity index (χ3n) is 3.43. The summed E-state index contributed by atoms with van der Waals surface area (Å²) in [5, 5.41) is 0. The van der Waals surface area contributed by atoms with Crippen molar-refractivity contribution in [3.05, 3.63) is 48.5 Å². The van der Waals surface area contributed by atoms with E-state index < -0.39 is 0 Å². The Hall–Kier alpha value is -1.81. The Morgan fingerprint density at radius 1 is 1.14 bits per heavy atom. The number of ether oxygens (including phenoxy) is 1. The summed E-state index contributed by atoms with van der Waals surface area (Å²) in [5.74, 6) is 1.53. The van der Waals surface area contributed by atoms with E-state index in [1.165, 1.54) is 0 Å². The van der Waals surface area contributed by atoms with Crippen molar-refractivity contribution in [3.63, 3.8) is 0 Å². The van der Waals surface area contributed by atoms with Crippen molar-refractivity contribution in [2.45, 2.75) is 45.6 Å². The van der Waals surface area contributed by atoms with Gasteiger partial charge in [-0.25, -0.2) is 4.98 Å². The summed E-state index contributed by atoms with van der Waals surface area (Å²) in [6, 6.07) is 9.22. The Morgan fingerprint density at radius 2 is 1.86 bits per heavy atom. The highest BCUT2D eigenvalue weighted by Gasteiger charge is 2.04. The Kier molecular flexibility index (Phi) is 8.30. The predicted octanol–water partition coefficient (Wildman–Crippen LogP) is 4.17. The molecule has 0 saturated heterocycles. The second kappa shape index (κ2) is 10.0. The average molecular weight is 323 g/mol. The van der Waals surface area contributed by atoms with Crippen molar-refractivity contribution < 1.29 is 9.53 Å². The minimum absolute atomic E-state index is 0. The van der Waals surface area contributed by atoms with Gasteiger partial charge in [-0.1, -0.05) is 31.0 Å². The molecule has 0 amide bonds. The van der Waals surface area contributed by atoms with Crippen molar-refractivity contribution in [1.82, 2.24) is 9.55 Å². The lowest BCUT2D eigenvalue weighted by Crippen LogP contribution is -2.07. The van der Waals surface area contributed by atoms with Gasteiger partial charge in [0.2, 0.25) is 0 Å². The molecule has 0 spiro atoms. The molecule has 4 nitrogen and oxygen atoms in total. The van der Waals surface area contributed by atoms with Crippen LogP contribution >= 0.6 is 12.4 Å². The zero-order valence-electron chi connectivity index (χ0n) is 12.9. The van der Waals surface area contributed by atoms with Crippen LogP contribution in [0.25, 0.3) is 0 Å². The minimum Gasteiger partial charge on any atom is -0.427 e. The Balaban J connectivity index is 0.00000242. The number of unbranched alkanes of at least 4 members (excludes halogenated alkanes) is 3. The van der Waals surface area contributed by atoms with Crippen LogP contribution in [0, 0.1) is 6.92 Å². The topological polar surface area (TPSA) is 44.1 Å². The number of esters is 1. The van der Waals surface area contributed by atoms with Gasteiger partial charge in [-0.15, -0.1) is 12.4 Å². The van der Waals surface area contributed by atoms with Crippen LogP contribution in [0.4, 0.5) is 0 Å². The molecule has 2 aromatic rings. The van der Waals surface area contributed by atoms with Crippen LogP contribution in [0.2, 0.25) is 0 Å². The number of aromatic nitrogens is 2. The van der Waals surface area contributed by atoms with Gasteiger partial charge in [-0.3, -0.25) is 4.79 Å². The first-order valence-electron chi connectivity index (χ1n) is 7.49. The molecule has 1 heterocycles. The average Bonchev–Trinajstić information content (AvgIpc) is 2.89. The monoisotopic (exact) mass is 322 g/mol. The number of nitrogens with zero attached hydrogens (tertiary/aromatic N) is 2. The Labute approximate surface area is 137 Å². The number of halogens is 1. The molecular formula is C17H23ClN2O2. The fourth-order valence-corrected chi connectivity index (χ4v) is 2.22. The molecule has 0 atom stereocenters. The largest absolute Gasteiger partial charge is 0.427 e. The molecule has 1 aromatic carbocycles. The molecule has 0 aliphatic carbocycles. The van der Waals surface area contributed by atoms with E-state index in [9.17, 15) is 4.79 Å². The smallest absolute Gasteiger partial charge is 0.311 e. The third kappa shape index (κ3) is 6.31. The number of carbonyl (C=O) groups is 1. The van der Waals surface area contributed by atoms with Crippen molar-refractivity contribution in [3.8, 4) is 5.75 Å². The van der Waals surface area contributed by atoms with E-state index in [1.54, 1.807) is 12.1 Å². The maximum atomic E-state index is 11.6. The molecule has 0 unspecified atom stereocenters. The summed E-state index contributed by atoms with van der Waals surface area (Å²) in [6.45, 7) is 3.01. The first-order valence-corrected chi connectivity index (χ1v) is 7.49. The van der Waals surface area contributed by atoms with Gasteiger partial charge >= 0.3 is 5.97 Å². The summed E-state index contributed by atoms with van der Waals surface area (Å²) in [7, 11) is 0. The molecule has 0 N–H and O–H groups in total. The number of benzene rings is 1. The van der Waals surface area contributed by atoms with Crippen molar-refractivity contribution in [2.24, 2.45) is 0 Å². The van der Waals surface area contributed by atoms with Gasteiger partial charge in [-0.05, 0) is 31.9 Å². The number of para-hydroxylation sites is 1. The fraction of sp³-hybridized carbons (Fsp3) is 0.412. The molecule has 120 valence electrons. The molecule has 0 fully saturated rings. The van der Waals surface area contributed by atoms with Gasteiger partial charge in [-0.2, -0.15) is 0 Å². The van der Waals surface area contributed by atoms with Crippen LogP contribution in [0.15, 0.2) is 42.7 Å². The molecule has 0 saturated carbocycles. The van der Waals surface area contributed by atoms with Crippen molar-refractivity contribution in [1.29, 1.82) is 0 Å². The highest BCUT2D eigenvalue weighted by molar-refractivity contribution is 5.85. The van der Waals surface area contributed by atoms with Gasteiger partial charge in [0.15, 0.2) is 0 Å². The molecule has 22 heavy (non-hydrogen) atoms. The van der Waals surface area contributed by atoms with Gasteiger partial charge < -0.3 is 9.30 Å². The van der Waals surface area contributed by atoms with Crippen LogP contribution in [0.5, 0.6) is 5.75 Å². The highest BCUT2D eigenvalue weighted by Crippen LogP contribution is 2.11.